The van der Waals surface area contributed by atoms with E-state index in [9.17, 15) is 9.59 Å². The molecule has 2 heterocycles. The molecular formula is C25H25N3O3. The molecule has 1 atom stereocenters. The third-order valence-electron chi connectivity index (χ3n) is 6.00. The zero-order chi connectivity index (χ0) is 21.8. The smallest absolute Gasteiger partial charge is 0.254 e. The summed E-state index contributed by atoms with van der Waals surface area (Å²) in [5.41, 5.74) is 8.66. The molecule has 6 heteroatoms. The Morgan fingerprint density at radius 1 is 1.13 bits per heavy atom. The first-order valence-electron chi connectivity index (χ1n) is 10.2. The van der Waals surface area contributed by atoms with Gasteiger partial charge < -0.3 is 15.4 Å². The van der Waals surface area contributed by atoms with Crippen molar-refractivity contribution in [3.8, 4) is 16.9 Å². The predicted molar refractivity (Wildman–Crippen MR) is 119 cm³/mol. The van der Waals surface area contributed by atoms with Crippen molar-refractivity contribution in [2.45, 2.75) is 12.8 Å². The number of nitrogens with two attached hydrogens (primary N) is 1. The fourth-order valence-corrected chi connectivity index (χ4v) is 4.26. The second kappa shape index (κ2) is 8.60. The lowest BCUT2D eigenvalue weighted by atomic mass is 9.78. The van der Waals surface area contributed by atoms with Gasteiger partial charge in [-0.15, -0.1) is 0 Å². The number of primary amides is 1. The monoisotopic (exact) mass is 415 g/mol. The molecule has 0 saturated carbocycles. The number of benzene rings is 2. The molecule has 2 N–H and O–H groups in total. The highest BCUT2D eigenvalue weighted by Crippen LogP contribution is 2.37. The highest BCUT2D eigenvalue weighted by atomic mass is 16.5. The summed E-state index contributed by atoms with van der Waals surface area (Å²) in [6.45, 7) is 0.772. The summed E-state index contributed by atoms with van der Waals surface area (Å²) < 4.78 is 5.23. The van der Waals surface area contributed by atoms with Gasteiger partial charge in [0.2, 0.25) is 5.91 Å². The Morgan fingerprint density at radius 2 is 1.97 bits per heavy atom. The first kappa shape index (κ1) is 20.6. The lowest BCUT2D eigenvalue weighted by Gasteiger charge is -2.27. The van der Waals surface area contributed by atoms with Gasteiger partial charge in [0, 0.05) is 36.6 Å². The minimum absolute atomic E-state index is 0.123. The molecule has 4 rings (SSSR count). The van der Waals surface area contributed by atoms with Crippen molar-refractivity contribution in [3.05, 3.63) is 84.2 Å². The van der Waals surface area contributed by atoms with Gasteiger partial charge in [-0.05, 0) is 48.2 Å². The summed E-state index contributed by atoms with van der Waals surface area (Å²) in [5.74, 6) is 0.119. The SMILES string of the molecule is COc1cccc(C(=O)N2CCC(Cc3ccccc3-c3cccnc3)(C(N)=O)C2)c1. The van der Waals surface area contributed by atoms with Crippen LogP contribution in [0.15, 0.2) is 73.1 Å². The average molecular weight is 415 g/mol. The summed E-state index contributed by atoms with van der Waals surface area (Å²) >= 11 is 0. The third-order valence-corrected chi connectivity index (χ3v) is 6.00. The Morgan fingerprint density at radius 3 is 2.71 bits per heavy atom. The highest BCUT2D eigenvalue weighted by molar-refractivity contribution is 5.95. The Bertz CT molecular complexity index is 1100. The van der Waals surface area contributed by atoms with Crippen LogP contribution in [-0.4, -0.2) is 41.9 Å². The lowest BCUT2D eigenvalue weighted by molar-refractivity contribution is -0.126. The molecule has 3 aromatic rings. The summed E-state index contributed by atoms with van der Waals surface area (Å²) in [5, 5.41) is 0. The molecule has 0 bridgehead atoms. The molecule has 0 spiro atoms. The van der Waals surface area contributed by atoms with Crippen molar-refractivity contribution < 1.29 is 14.3 Å². The zero-order valence-electron chi connectivity index (χ0n) is 17.5. The fourth-order valence-electron chi connectivity index (χ4n) is 4.26. The van der Waals surface area contributed by atoms with E-state index >= 15 is 0 Å². The number of pyridine rings is 1. The maximum Gasteiger partial charge on any atom is 0.254 e. The van der Waals surface area contributed by atoms with Gasteiger partial charge in [0.25, 0.3) is 5.91 Å². The van der Waals surface area contributed by atoms with Crippen LogP contribution >= 0.6 is 0 Å². The summed E-state index contributed by atoms with van der Waals surface area (Å²) in [4.78, 5) is 31.6. The predicted octanol–water partition coefficient (Wildman–Crippen LogP) is 3.32. The van der Waals surface area contributed by atoms with Gasteiger partial charge in [-0.1, -0.05) is 36.4 Å². The topological polar surface area (TPSA) is 85.5 Å². The standard InChI is InChI=1S/C25H25N3O3/c1-31-21-9-4-7-18(14-21)23(29)28-13-11-25(17-28,24(26)30)15-19-6-2-3-10-22(19)20-8-5-12-27-16-20/h2-10,12,14,16H,11,13,15,17H2,1H3,(H2,26,30). The van der Waals surface area contributed by atoms with Gasteiger partial charge in [0.1, 0.15) is 5.75 Å². The lowest BCUT2D eigenvalue weighted by Crippen LogP contribution is -2.42. The number of hydrogen-bond acceptors (Lipinski definition) is 4. The van der Waals surface area contributed by atoms with E-state index in [1.54, 1.807) is 42.5 Å². The van der Waals surface area contributed by atoms with Gasteiger partial charge in [-0.3, -0.25) is 14.6 Å². The number of ether oxygens (including phenoxy) is 1. The molecule has 1 saturated heterocycles. The molecule has 0 aliphatic carbocycles. The number of rotatable bonds is 6. The minimum atomic E-state index is -0.813. The van der Waals surface area contributed by atoms with Crippen LogP contribution < -0.4 is 10.5 Å². The first-order valence-corrected chi connectivity index (χ1v) is 10.2. The Hall–Kier alpha value is -3.67. The van der Waals surface area contributed by atoms with E-state index in [4.69, 9.17) is 10.5 Å². The largest absolute Gasteiger partial charge is 0.497 e. The van der Waals surface area contributed by atoms with E-state index in [1.165, 1.54) is 0 Å². The second-order valence-corrected chi connectivity index (χ2v) is 7.93. The van der Waals surface area contributed by atoms with Crippen LogP contribution in [-0.2, 0) is 11.2 Å². The third kappa shape index (κ3) is 4.14. The van der Waals surface area contributed by atoms with Gasteiger partial charge in [-0.2, -0.15) is 0 Å². The van der Waals surface area contributed by atoms with Crippen LogP contribution in [0, 0.1) is 5.41 Å². The van der Waals surface area contributed by atoms with Crippen molar-refractivity contribution in [2.24, 2.45) is 11.1 Å². The van der Waals surface area contributed by atoms with Crippen LogP contribution in [0.2, 0.25) is 0 Å². The molecule has 158 valence electrons. The van der Waals surface area contributed by atoms with Gasteiger partial charge in [-0.25, -0.2) is 0 Å². The van der Waals surface area contributed by atoms with Crippen molar-refractivity contribution in [1.29, 1.82) is 0 Å². The van der Waals surface area contributed by atoms with Gasteiger partial charge in [0.15, 0.2) is 0 Å². The van der Waals surface area contributed by atoms with E-state index in [1.807, 2.05) is 42.6 Å². The van der Waals surface area contributed by atoms with Gasteiger partial charge >= 0.3 is 0 Å². The number of hydrogen-bond donors (Lipinski definition) is 1. The molecule has 31 heavy (non-hydrogen) atoms. The number of aromatic nitrogens is 1. The molecule has 1 aromatic heterocycles. The second-order valence-electron chi connectivity index (χ2n) is 7.93. The summed E-state index contributed by atoms with van der Waals surface area (Å²) in [6.07, 6.45) is 4.54. The Balaban J connectivity index is 1.61. The molecule has 1 aliphatic rings. The van der Waals surface area contributed by atoms with E-state index in [-0.39, 0.29) is 11.8 Å². The normalized spacial score (nSPS) is 18.0. The maximum absolute atomic E-state index is 13.1. The number of carbonyl (C=O) groups is 2. The van der Waals surface area contributed by atoms with Gasteiger partial charge in [0.05, 0.1) is 12.5 Å². The minimum Gasteiger partial charge on any atom is -0.497 e. The average Bonchev–Trinajstić information content (AvgIpc) is 3.25. The van der Waals surface area contributed by atoms with E-state index in [0.29, 0.717) is 37.2 Å². The number of amides is 2. The molecule has 2 amide bonds. The van der Waals surface area contributed by atoms with Crippen molar-refractivity contribution in [2.75, 3.05) is 20.2 Å². The number of nitrogens with zero attached hydrogens (tertiary/aromatic N) is 2. The molecule has 2 aromatic carbocycles. The van der Waals surface area contributed by atoms with E-state index in [2.05, 4.69) is 4.98 Å². The Kier molecular flexibility index (Phi) is 5.71. The Labute approximate surface area is 181 Å². The fraction of sp³-hybridized carbons (Fsp3) is 0.240. The van der Waals surface area contributed by atoms with Crippen LogP contribution in [0.3, 0.4) is 0 Å². The van der Waals surface area contributed by atoms with Crippen LogP contribution in [0.5, 0.6) is 5.75 Å². The highest BCUT2D eigenvalue weighted by Gasteiger charge is 2.45. The molecule has 6 nitrogen and oxygen atoms in total. The quantitative estimate of drug-likeness (QED) is 0.669. The van der Waals surface area contributed by atoms with Crippen molar-refractivity contribution in [1.82, 2.24) is 9.88 Å². The molecule has 1 fully saturated rings. The molecule has 0 radical (unpaired) electrons. The number of likely N-dealkylation sites (tertiary alicyclic amines) is 1. The summed E-state index contributed by atoms with van der Waals surface area (Å²) in [7, 11) is 1.57. The maximum atomic E-state index is 13.1. The summed E-state index contributed by atoms with van der Waals surface area (Å²) in [6, 6.07) is 18.9. The number of carbonyl (C=O) groups excluding carboxylic acids is 2. The molecule has 1 aliphatic heterocycles. The van der Waals surface area contributed by atoms with Crippen LogP contribution in [0.4, 0.5) is 0 Å². The molecular weight excluding hydrogens is 390 g/mol. The van der Waals surface area contributed by atoms with E-state index in [0.717, 1.165) is 16.7 Å². The first-order chi connectivity index (χ1) is 15.0. The van der Waals surface area contributed by atoms with E-state index < -0.39 is 5.41 Å². The molecule has 1 unspecified atom stereocenters. The van der Waals surface area contributed by atoms with Crippen molar-refractivity contribution in [3.63, 3.8) is 0 Å². The van der Waals surface area contributed by atoms with Crippen LogP contribution in [0.25, 0.3) is 11.1 Å². The number of methoxy groups -OCH3 is 1. The zero-order valence-corrected chi connectivity index (χ0v) is 17.5. The van der Waals surface area contributed by atoms with Crippen molar-refractivity contribution >= 4 is 11.8 Å². The van der Waals surface area contributed by atoms with Crippen LogP contribution in [0.1, 0.15) is 22.3 Å².